The Balaban J connectivity index is 1.65. The standard InChI is InChI=1S/C18H19N5O2/c1-21-9-3-6-15(21)16-13-25-12-11-22(16)18(24)14-5-2-7-17(20-14)23-10-4-8-19-23/h2-10,16H,11-13H2,1H3. The maximum absolute atomic E-state index is 13.1. The van der Waals surface area contributed by atoms with Gasteiger partial charge in [0.25, 0.3) is 5.91 Å². The van der Waals surface area contributed by atoms with Gasteiger partial charge in [-0.2, -0.15) is 5.10 Å². The van der Waals surface area contributed by atoms with Crippen molar-refractivity contribution in [1.82, 2.24) is 24.2 Å². The van der Waals surface area contributed by atoms with E-state index in [1.807, 2.05) is 53.0 Å². The molecule has 0 saturated carbocycles. The van der Waals surface area contributed by atoms with E-state index >= 15 is 0 Å². The fourth-order valence-corrected chi connectivity index (χ4v) is 3.13. The Morgan fingerprint density at radius 3 is 2.88 bits per heavy atom. The molecule has 3 aromatic heterocycles. The van der Waals surface area contributed by atoms with Crippen LogP contribution in [0.25, 0.3) is 5.82 Å². The molecule has 1 amide bonds. The number of carbonyl (C=O) groups is 1. The van der Waals surface area contributed by atoms with E-state index in [1.165, 1.54) is 0 Å². The molecule has 25 heavy (non-hydrogen) atoms. The number of morpholine rings is 1. The van der Waals surface area contributed by atoms with E-state index in [4.69, 9.17) is 4.74 Å². The fraction of sp³-hybridized carbons (Fsp3) is 0.278. The summed E-state index contributed by atoms with van der Waals surface area (Å²) in [5.74, 6) is 0.531. The molecule has 1 fully saturated rings. The average molecular weight is 337 g/mol. The minimum atomic E-state index is -0.114. The first-order chi connectivity index (χ1) is 12.2. The van der Waals surface area contributed by atoms with Crippen molar-refractivity contribution < 1.29 is 9.53 Å². The predicted molar refractivity (Wildman–Crippen MR) is 91.4 cm³/mol. The van der Waals surface area contributed by atoms with Crippen LogP contribution in [-0.4, -0.2) is 49.9 Å². The second kappa shape index (κ2) is 6.52. The van der Waals surface area contributed by atoms with Gasteiger partial charge in [0.2, 0.25) is 0 Å². The van der Waals surface area contributed by atoms with E-state index < -0.39 is 0 Å². The first kappa shape index (κ1) is 15.6. The van der Waals surface area contributed by atoms with Crippen molar-refractivity contribution >= 4 is 5.91 Å². The second-order valence-corrected chi connectivity index (χ2v) is 5.96. The van der Waals surface area contributed by atoms with Crippen molar-refractivity contribution in [3.63, 3.8) is 0 Å². The molecule has 4 rings (SSSR count). The van der Waals surface area contributed by atoms with Crippen LogP contribution in [0.15, 0.2) is 55.0 Å². The summed E-state index contributed by atoms with van der Waals surface area (Å²) in [5, 5.41) is 4.17. The van der Waals surface area contributed by atoms with Crippen LogP contribution < -0.4 is 0 Å². The molecule has 128 valence electrons. The molecule has 3 aromatic rings. The number of nitrogens with zero attached hydrogens (tertiary/aromatic N) is 5. The summed E-state index contributed by atoms with van der Waals surface area (Å²) in [6.45, 7) is 1.57. The lowest BCUT2D eigenvalue weighted by atomic mass is 10.1. The van der Waals surface area contributed by atoms with Crippen LogP contribution in [0.2, 0.25) is 0 Å². The monoisotopic (exact) mass is 337 g/mol. The minimum absolute atomic E-state index is 0.0940. The highest BCUT2D eigenvalue weighted by atomic mass is 16.5. The molecule has 1 saturated heterocycles. The van der Waals surface area contributed by atoms with Crippen LogP contribution in [0.4, 0.5) is 0 Å². The number of ether oxygens (including phenoxy) is 1. The van der Waals surface area contributed by atoms with Crippen LogP contribution in [-0.2, 0) is 11.8 Å². The van der Waals surface area contributed by atoms with Crippen molar-refractivity contribution in [2.45, 2.75) is 6.04 Å². The van der Waals surface area contributed by atoms with E-state index in [2.05, 4.69) is 10.1 Å². The van der Waals surface area contributed by atoms with E-state index in [9.17, 15) is 4.79 Å². The predicted octanol–water partition coefficient (Wildman–Crippen LogP) is 1.82. The summed E-state index contributed by atoms with van der Waals surface area (Å²) >= 11 is 0. The molecular weight excluding hydrogens is 318 g/mol. The molecule has 1 atom stereocenters. The highest BCUT2D eigenvalue weighted by Crippen LogP contribution is 2.25. The summed E-state index contributed by atoms with van der Waals surface area (Å²) < 4.78 is 9.28. The molecule has 0 spiro atoms. The van der Waals surface area contributed by atoms with Crippen LogP contribution in [0.1, 0.15) is 22.2 Å². The van der Waals surface area contributed by atoms with Crippen molar-refractivity contribution in [3.05, 3.63) is 66.4 Å². The zero-order valence-corrected chi connectivity index (χ0v) is 13.9. The third-order valence-corrected chi connectivity index (χ3v) is 4.41. The number of amides is 1. The van der Waals surface area contributed by atoms with Gasteiger partial charge in [0.05, 0.1) is 19.3 Å². The van der Waals surface area contributed by atoms with Crippen molar-refractivity contribution in [1.29, 1.82) is 0 Å². The zero-order chi connectivity index (χ0) is 17.2. The summed E-state index contributed by atoms with van der Waals surface area (Å²) in [6, 6.07) is 11.1. The van der Waals surface area contributed by atoms with Gasteiger partial charge in [-0.05, 0) is 30.3 Å². The second-order valence-electron chi connectivity index (χ2n) is 5.96. The summed E-state index contributed by atoms with van der Waals surface area (Å²) in [6.07, 6.45) is 5.46. The molecule has 4 heterocycles. The smallest absolute Gasteiger partial charge is 0.273 e. The molecule has 1 unspecified atom stereocenters. The molecule has 1 aliphatic rings. The van der Waals surface area contributed by atoms with Gasteiger partial charge in [-0.15, -0.1) is 0 Å². The van der Waals surface area contributed by atoms with Gasteiger partial charge >= 0.3 is 0 Å². The van der Waals surface area contributed by atoms with Crippen molar-refractivity contribution in [2.24, 2.45) is 7.05 Å². The number of carbonyl (C=O) groups excluding carboxylic acids is 1. The number of aryl methyl sites for hydroxylation is 1. The Kier molecular flexibility index (Phi) is 4.07. The lowest BCUT2D eigenvalue weighted by Crippen LogP contribution is -2.44. The molecule has 1 aliphatic heterocycles. The van der Waals surface area contributed by atoms with Gasteiger partial charge in [-0.25, -0.2) is 9.67 Å². The number of pyridine rings is 1. The third kappa shape index (κ3) is 2.94. The Hall–Kier alpha value is -2.93. The quantitative estimate of drug-likeness (QED) is 0.731. The average Bonchev–Trinajstić information content (AvgIpc) is 3.33. The summed E-state index contributed by atoms with van der Waals surface area (Å²) in [7, 11) is 1.98. The van der Waals surface area contributed by atoms with Crippen molar-refractivity contribution in [3.8, 4) is 5.82 Å². The van der Waals surface area contributed by atoms with Gasteiger partial charge in [0, 0.05) is 37.9 Å². The van der Waals surface area contributed by atoms with Crippen molar-refractivity contribution in [2.75, 3.05) is 19.8 Å². The first-order valence-electron chi connectivity index (χ1n) is 8.21. The number of hydrogen-bond acceptors (Lipinski definition) is 4. The number of hydrogen-bond donors (Lipinski definition) is 0. The lowest BCUT2D eigenvalue weighted by Gasteiger charge is -2.35. The van der Waals surface area contributed by atoms with E-state index in [0.717, 1.165) is 5.69 Å². The highest BCUT2D eigenvalue weighted by Gasteiger charge is 2.31. The Morgan fingerprint density at radius 2 is 2.12 bits per heavy atom. The lowest BCUT2D eigenvalue weighted by molar-refractivity contribution is -0.00494. The topological polar surface area (TPSA) is 65.2 Å². The molecule has 7 heteroatoms. The van der Waals surface area contributed by atoms with Crippen LogP contribution in [0.3, 0.4) is 0 Å². The Labute approximate surface area is 145 Å². The third-order valence-electron chi connectivity index (χ3n) is 4.41. The molecule has 0 N–H and O–H groups in total. The Morgan fingerprint density at radius 1 is 1.20 bits per heavy atom. The van der Waals surface area contributed by atoms with Gasteiger partial charge < -0.3 is 14.2 Å². The summed E-state index contributed by atoms with van der Waals surface area (Å²) in [5.41, 5.74) is 1.46. The fourth-order valence-electron chi connectivity index (χ4n) is 3.13. The number of aromatic nitrogens is 4. The highest BCUT2D eigenvalue weighted by molar-refractivity contribution is 5.92. The molecule has 0 bridgehead atoms. The maximum Gasteiger partial charge on any atom is 0.273 e. The Bertz CT molecular complexity index is 871. The SMILES string of the molecule is Cn1cccc1C1COCCN1C(=O)c1cccc(-n2cccn2)n1. The zero-order valence-electron chi connectivity index (χ0n) is 13.9. The molecule has 0 radical (unpaired) electrons. The molecule has 7 nitrogen and oxygen atoms in total. The number of rotatable bonds is 3. The van der Waals surface area contributed by atoms with Gasteiger partial charge in [-0.3, -0.25) is 4.79 Å². The van der Waals surface area contributed by atoms with Crippen LogP contribution in [0, 0.1) is 0 Å². The normalized spacial score (nSPS) is 17.6. The van der Waals surface area contributed by atoms with E-state index in [0.29, 0.717) is 31.3 Å². The van der Waals surface area contributed by atoms with E-state index in [1.54, 1.807) is 23.1 Å². The van der Waals surface area contributed by atoms with Gasteiger partial charge in [0.15, 0.2) is 5.82 Å². The largest absolute Gasteiger partial charge is 0.377 e. The molecular formula is C18H19N5O2. The van der Waals surface area contributed by atoms with Crippen LogP contribution in [0.5, 0.6) is 0 Å². The molecule has 0 aromatic carbocycles. The van der Waals surface area contributed by atoms with E-state index in [-0.39, 0.29) is 11.9 Å². The van der Waals surface area contributed by atoms with Crippen LogP contribution >= 0.6 is 0 Å². The van der Waals surface area contributed by atoms with Gasteiger partial charge in [-0.1, -0.05) is 6.07 Å². The summed E-state index contributed by atoms with van der Waals surface area (Å²) in [4.78, 5) is 19.4. The maximum atomic E-state index is 13.1. The minimum Gasteiger partial charge on any atom is -0.377 e. The molecule has 0 aliphatic carbocycles. The van der Waals surface area contributed by atoms with Gasteiger partial charge in [0.1, 0.15) is 5.69 Å². The first-order valence-corrected chi connectivity index (χ1v) is 8.21.